The second-order valence-electron chi connectivity index (χ2n) is 4.61. The van der Waals surface area contributed by atoms with Crippen LogP contribution >= 0.6 is 0 Å². The van der Waals surface area contributed by atoms with Gasteiger partial charge in [0.2, 0.25) is 0 Å². The van der Waals surface area contributed by atoms with Gasteiger partial charge in [0.25, 0.3) is 27.6 Å². The number of hydrogen-bond donors (Lipinski definition) is 3. The minimum Gasteiger partial charge on any atom is -0.395 e. The van der Waals surface area contributed by atoms with Gasteiger partial charge in [0.15, 0.2) is 0 Å². The highest BCUT2D eigenvalue weighted by Crippen LogP contribution is 2.29. The van der Waals surface area contributed by atoms with Gasteiger partial charge in [-0.25, -0.2) is 0 Å². The Bertz CT molecular complexity index is 861. The molecule has 0 atom stereocenters. The number of carbonyl (C=O) groups excluding carboxylic acids is 2. The van der Waals surface area contributed by atoms with E-state index in [4.69, 9.17) is 9.66 Å². The van der Waals surface area contributed by atoms with Crippen LogP contribution in [0.25, 0.3) is 0 Å². The van der Waals surface area contributed by atoms with Gasteiger partial charge in [-0.15, -0.1) is 0 Å². The number of amides is 2. The number of aliphatic hydroxyl groups excluding tert-OH is 1. The molecule has 1 aliphatic heterocycles. The molecule has 0 radical (unpaired) electrons. The maximum Gasteiger partial charge on any atom is 0.294 e. The standard InChI is InChI=1S/C12H11N3O8S/c16-4-3-14-11(17)6-9(12(14)18)13-8-2-1-7(24(21,22)23)5-10(8)15(19)20/h1-2,5-6,13,16H,3-4H2,(H,21,22,23). The molecule has 1 heterocycles. The molecule has 3 N–H and O–H groups in total. The molecule has 1 aromatic carbocycles. The predicted octanol–water partition coefficient (Wildman–Crippen LogP) is -0.502. The quantitative estimate of drug-likeness (QED) is 0.263. The second-order valence-corrected chi connectivity index (χ2v) is 6.03. The van der Waals surface area contributed by atoms with Crippen LogP contribution in [0.5, 0.6) is 0 Å². The van der Waals surface area contributed by atoms with E-state index in [1.807, 2.05) is 0 Å². The number of aliphatic hydroxyl groups is 1. The van der Waals surface area contributed by atoms with E-state index in [9.17, 15) is 28.1 Å². The number of nitro benzene ring substituents is 1. The maximum atomic E-state index is 12.0. The topological polar surface area (TPSA) is 167 Å². The summed E-state index contributed by atoms with van der Waals surface area (Å²) in [5.41, 5.74) is -1.23. The first kappa shape index (κ1) is 17.5. The molecule has 2 rings (SSSR count). The molecule has 0 bridgehead atoms. The number of imide groups is 1. The largest absolute Gasteiger partial charge is 0.395 e. The van der Waals surface area contributed by atoms with E-state index in [1.165, 1.54) is 0 Å². The van der Waals surface area contributed by atoms with Crippen LogP contribution in [-0.4, -0.2) is 52.9 Å². The molecule has 128 valence electrons. The molecule has 0 aromatic heterocycles. The summed E-state index contributed by atoms with van der Waals surface area (Å²) in [6.07, 6.45) is 0.901. The van der Waals surface area contributed by atoms with E-state index in [1.54, 1.807) is 0 Å². The maximum absolute atomic E-state index is 12.0. The minimum absolute atomic E-state index is 0.233. The van der Waals surface area contributed by atoms with Crippen LogP contribution in [0.1, 0.15) is 0 Å². The Balaban J connectivity index is 2.37. The number of nitrogens with one attached hydrogen (secondary N) is 1. The Hall–Kier alpha value is -2.83. The fraction of sp³-hybridized carbons (Fsp3) is 0.167. The van der Waals surface area contributed by atoms with Crippen molar-refractivity contribution in [3.63, 3.8) is 0 Å². The summed E-state index contributed by atoms with van der Waals surface area (Å²) in [5, 5.41) is 22.3. The zero-order valence-corrected chi connectivity index (χ0v) is 12.7. The monoisotopic (exact) mass is 357 g/mol. The van der Waals surface area contributed by atoms with Gasteiger partial charge in [0.05, 0.1) is 18.1 Å². The summed E-state index contributed by atoms with van der Waals surface area (Å²) in [6, 6.07) is 2.50. The van der Waals surface area contributed by atoms with E-state index in [-0.39, 0.29) is 17.9 Å². The molecule has 12 heteroatoms. The molecule has 0 fully saturated rings. The molecule has 0 saturated carbocycles. The Morgan fingerprint density at radius 2 is 1.96 bits per heavy atom. The smallest absolute Gasteiger partial charge is 0.294 e. The van der Waals surface area contributed by atoms with Gasteiger partial charge < -0.3 is 10.4 Å². The van der Waals surface area contributed by atoms with Crippen LogP contribution in [0.3, 0.4) is 0 Å². The van der Waals surface area contributed by atoms with Crippen LogP contribution < -0.4 is 5.32 Å². The molecule has 1 aromatic rings. The van der Waals surface area contributed by atoms with Gasteiger partial charge in [-0.3, -0.25) is 29.2 Å². The van der Waals surface area contributed by atoms with Gasteiger partial charge in [-0.1, -0.05) is 0 Å². The molecular formula is C12H11N3O8S. The number of nitro groups is 1. The first-order valence-electron chi connectivity index (χ1n) is 6.36. The number of nitrogens with zero attached hydrogens (tertiary/aromatic N) is 2. The second kappa shape index (κ2) is 6.35. The molecule has 0 spiro atoms. The molecule has 0 saturated heterocycles. The normalized spacial score (nSPS) is 14.8. The highest BCUT2D eigenvalue weighted by molar-refractivity contribution is 7.85. The highest BCUT2D eigenvalue weighted by Gasteiger charge is 2.32. The lowest BCUT2D eigenvalue weighted by molar-refractivity contribution is -0.384. The molecule has 1 aliphatic rings. The first-order chi connectivity index (χ1) is 11.1. The third kappa shape index (κ3) is 3.40. The minimum atomic E-state index is -4.64. The fourth-order valence-corrected chi connectivity index (χ4v) is 2.48. The highest BCUT2D eigenvalue weighted by atomic mass is 32.2. The van der Waals surface area contributed by atoms with Gasteiger partial charge >= 0.3 is 0 Å². The number of β-amino-alcohol motifs (C(OH)–C–C–N with tert-alkyl or cyclic N) is 1. The summed E-state index contributed by atoms with van der Waals surface area (Å²) in [4.78, 5) is 33.8. The Morgan fingerprint density at radius 3 is 2.50 bits per heavy atom. The number of hydrogen-bond acceptors (Lipinski definition) is 8. The van der Waals surface area contributed by atoms with Gasteiger partial charge in [0, 0.05) is 12.1 Å². The van der Waals surface area contributed by atoms with Gasteiger partial charge in [-0.2, -0.15) is 8.42 Å². The van der Waals surface area contributed by atoms with E-state index in [2.05, 4.69) is 5.32 Å². The average Bonchev–Trinajstić information content (AvgIpc) is 2.74. The van der Waals surface area contributed by atoms with Gasteiger partial charge in [0.1, 0.15) is 16.3 Å². The van der Waals surface area contributed by atoms with Crippen molar-refractivity contribution in [1.29, 1.82) is 0 Å². The van der Waals surface area contributed by atoms with E-state index in [0.29, 0.717) is 6.07 Å². The van der Waals surface area contributed by atoms with E-state index >= 15 is 0 Å². The van der Waals surface area contributed by atoms with E-state index < -0.39 is 44.0 Å². The zero-order chi connectivity index (χ0) is 18.1. The molecule has 11 nitrogen and oxygen atoms in total. The van der Waals surface area contributed by atoms with Crippen molar-refractivity contribution in [3.05, 3.63) is 40.1 Å². The number of rotatable bonds is 6. The molecular weight excluding hydrogens is 346 g/mol. The van der Waals surface area contributed by atoms with Crippen molar-refractivity contribution in [2.75, 3.05) is 18.5 Å². The zero-order valence-electron chi connectivity index (χ0n) is 11.9. The third-order valence-corrected chi connectivity index (χ3v) is 3.92. The van der Waals surface area contributed by atoms with Crippen LogP contribution in [0, 0.1) is 10.1 Å². The molecule has 2 amide bonds. The Morgan fingerprint density at radius 1 is 1.29 bits per heavy atom. The fourth-order valence-electron chi connectivity index (χ4n) is 1.98. The molecule has 0 unspecified atom stereocenters. The number of anilines is 1. The SMILES string of the molecule is O=C1C=C(Nc2ccc(S(=O)(=O)O)cc2[N+](=O)[O-])C(=O)N1CCO. The summed E-state index contributed by atoms with van der Waals surface area (Å²) in [7, 11) is -4.64. The van der Waals surface area contributed by atoms with Crippen molar-refractivity contribution in [2.45, 2.75) is 4.90 Å². The number of carbonyl (C=O) groups is 2. The van der Waals surface area contributed by atoms with Crippen molar-refractivity contribution >= 4 is 33.3 Å². The Kier molecular flexibility index (Phi) is 4.64. The molecule has 24 heavy (non-hydrogen) atoms. The van der Waals surface area contributed by atoms with Crippen LogP contribution in [0.15, 0.2) is 34.9 Å². The van der Waals surface area contributed by atoms with Crippen molar-refractivity contribution in [2.24, 2.45) is 0 Å². The summed E-state index contributed by atoms with van der Waals surface area (Å²) < 4.78 is 31.0. The first-order valence-corrected chi connectivity index (χ1v) is 7.80. The van der Waals surface area contributed by atoms with Crippen molar-refractivity contribution < 1.29 is 32.6 Å². The van der Waals surface area contributed by atoms with E-state index in [0.717, 1.165) is 23.1 Å². The summed E-state index contributed by atoms with van der Waals surface area (Å²) in [6.45, 7) is -0.676. The Labute approximate surface area is 135 Å². The lowest BCUT2D eigenvalue weighted by Gasteiger charge is -2.13. The lowest BCUT2D eigenvalue weighted by Crippen LogP contribution is -2.34. The van der Waals surface area contributed by atoms with Crippen LogP contribution in [0.4, 0.5) is 11.4 Å². The summed E-state index contributed by atoms with van der Waals surface area (Å²) >= 11 is 0. The van der Waals surface area contributed by atoms with Crippen molar-refractivity contribution in [3.8, 4) is 0 Å². The van der Waals surface area contributed by atoms with Crippen molar-refractivity contribution in [1.82, 2.24) is 4.90 Å². The lowest BCUT2D eigenvalue weighted by atomic mass is 10.2. The summed E-state index contributed by atoms with van der Waals surface area (Å²) in [5.74, 6) is -1.49. The van der Waals surface area contributed by atoms with Crippen LogP contribution in [-0.2, 0) is 19.7 Å². The average molecular weight is 357 g/mol. The molecule has 0 aliphatic carbocycles. The predicted molar refractivity (Wildman–Crippen MR) is 78.4 cm³/mol. The number of benzene rings is 1. The van der Waals surface area contributed by atoms with Crippen LogP contribution in [0.2, 0.25) is 0 Å². The third-order valence-electron chi connectivity index (χ3n) is 3.07. The van der Waals surface area contributed by atoms with Gasteiger partial charge in [-0.05, 0) is 12.1 Å².